The van der Waals surface area contributed by atoms with Gasteiger partial charge < -0.3 is 5.73 Å². The summed E-state index contributed by atoms with van der Waals surface area (Å²) in [4.78, 5) is 12.4. The first-order valence-corrected chi connectivity index (χ1v) is 5.54. The number of allylic oxidation sites excluding steroid dienone is 3. The molecule has 0 aliphatic carbocycles. The van der Waals surface area contributed by atoms with Crippen molar-refractivity contribution in [2.75, 3.05) is 5.73 Å². The zero-order chi connectivity index (χ0) is 13.0. The number of fused-ring (bicyclic) bond motifs is 1. The lowest BCUT2D eigenvalue weighted by atomic mass is 10.2. The second-order valence-electron chi connectivity index (χ2n) is 3.50. The van der Waals surface area contributed by atoms with Crippen molar-refractivity contribution in [1.82, 2.24) is 19.6 Å². The van der Waals surface area contributed by atoms with E-state index in [1.807, 2.05) is 32.1 Å². The minimum atomic E-state index is 0.392. The summed E-state index contributed by atoms with van der Waals surface area (Å²) in [6.07, 6.45) is 8.87. The first kappa shape index (κ1) is 12.0. The van der Waals surface area contributed by atoms with E-state index in [2.05, 4.69) is 20.1 Å². The van der Waals surface area contributed by atoms with Crippen LogP contribution < -0.4 is 5.73 Å². The van der Waals surface area contributed by atoms with Gasteiger partial charge in [0.05, 0.1) is 11.4 Å². The Morgan fingerprint density at radius 2 is 2.28 bits per heavy atom. The molecule has 0 saturated heterocycles. The van der Waals surface area contributed by atoms with E-state index in [1.165, 1.54) is 6.33 Å². The van der Waals surface area contributed by atoms with Crippen molar-refractivity contribution in [2.24, 2.45) is 4.99 Å². The molecule has 0 fully saturated rings. The zero-order valence-electron chi connectivity index (χ0n) is 10.3. The minimum Gasteiger partial charge on any atom is -0.384 e. The first-order valence-electron chi connectivity index (χ1n) is 5.54. The van der Waals surface area contributed by atoms with Crippen LogP contribution in [-0.4, -0.2) is 25.8 Å². The van der Waals surface area contributed by atoms with Crippen molar-refractivity contribution in [3.05, 3.63) is 36.3 Å². The number of nitrogens with zero attached hydrogens (tertiary/aromatic N) is 5. The average Bonchev–Trinajstić information content (AvgIpc) is 2.81. The average molecular weight is 242 g/mol. The van der Waals surface area contributed by atoms with Crippen molar-refractivity contribution in [2.45, 2.75) is 13.8 Å². The summed E-state index contributed by atoms with van der Waals surface area (Å²) in [5, 5.41) is 4.12. The Bertz CT molecular complexity index is 635. The third-order valence-corrected chi connectivity index (χ3v) is 2.25. The molecule has 0 aliphatic heterocycles. The van der Waals surface area contributed by atoms with Crippen LogP contribution in [0.5, 0.6) is 0 Å². The fourth-order valence-corrected chi connectivity index (χ4v) is 1.53. The van der Waals surface area contributed by atoms with Crippen LogP contribution >= 0.6 is 0 Å². The Morgan fingerprint density at radius 1 is 1.44 bits per heavy atom. The van der Waals surface area contributed by atoms with E-state index in [0.29, 0.717) is 11.6 Å². The molecule has 0 saturated carbocycles. The highest BCUT2D eigenvalue weighted by molar-refractivity contribution is 5.73. The van der Waals surface area contributed by atoms with Crippen molar-refractivity contribution in [1.29, 1.82) is 0 Å². The van der Waals surface area contributed by atoms with Crippen LogP contribution in [0.2, 0.25) is 0 Å². The topological polar surface area (TPSA) is 81.5 Å². The quantitative estimate of drug-likeness (QED) is 0.656. The highest BCUT2D eigenvalue weighted by Crippen LogP contribution is 2.18. The lowest BCUT2D eigenvalue weighted by Crippen LogP contribution is -2.02. The van der Waals surface area contributed by atoms with E-state index >= 15 is 0 Å². The molecule has 0 unspecified atom stereocenters. The van der Waals surface area contributed by atoms with Crippen LogP contribution in [0.1, 0.15) is 19.5 Å². The third kappa shape index (κ3) is 2.27. The van der Waals surface area contributed by atoms with E-state index in [0.717, 1.165) is 11.4 Å². The molecule has 0 aromatic carbocycles. The van der Waals surface area contributed by atoms with E-state index < -0.39 is 0 Å². The molecule has 0 spiro atoms. The van der Waals surface area contributed by atoms with E-state index in [9.17, 15) is 0 Å². The Balaban J connectivity index is 2.66. The van der Waals surface area contributed by atoms with Gasteiger partial charge in [0.15, 0.2) is 0 Å². The van der Waals surface area contributed by atoms with Gasteiger partial charge in [-0.25, -0.2) is 0 Å². The molecule has 2 aromatic heterocycles. The predicted molar refractivity (Wildman–Crippen MR) is 72.2 cm³/mol. The van der Waals surface area contributed by atoms with Crippen LogP contribution in [0.4, 0.5) is 5.82 Å². The smallest absolute Gasteiger partial charge is 0.254 e. The number of rotatable bonds is 3. The Labute approximate surface area is 105 Å². The molecule has 2 aromatic rings. The maximum absolute atomic E-state index is 5.76. The van der Waals surface area contributed by atoms with Gasteiger partial charge in [-0.1, -0.05) is 12.2 Å². The number of hydrogen-bond donors (Lipinski definition) is 1. The van der Waals surface area contributed by atoms with Crippen LogP contribution in [-0.2, 0) is 0 Å². The van der Waals surface area contributed by atoms with E-state index in [1.54, 1.807) is 16.8 Å². The predicted octanol–water partition coefficient (Wildman–Crippen LogP) is 1.71. The zero-order valence-corrected chi connectivity index (χ0v) is 10.3. The lowest BCUT2D eigenvalue weighted by molar-refractivity contribution is 0.920. The molecule has 2 rings (SSSR count). The number of aliphatic imine (C=N–C) groups is 1. The summed E-state index contributed by atoms with van der Waals surface area (Å²) in [6, 6.07) is 1.73. The molecule has 0 atom stereocenters. The van der Waals surface area contributed by atoms with Crippen LogP contribution in [0.3, 0.4) is 0 Å². The SMILES string of the molecule is CC=N/C(=C\C=C/C)c1cc(N)nc2ncnn12. The summed E-state index contributed by atoms with van der Waals surface area (Å²) in [6.45, 7) is 3.79. The summed E-state index contributed by atoms with van der Waals surface area (Å²) < 4.78 is 1.61. The minimum absolute atomic E-state index is 0.392. The van der Waals surface area contributed by atoms with Gasteiger partial charge in [0.1, 0.15) is 12.1 Å². The van der Waals surface area contributed by atoms with Gasteiger partial charge in [-0.15, -0.1) is 0 Å². The van der Waals surface area contributed by atoms with Crippen molar-refractivity contribution < 1.29 is 0 Å². The second-order valence-corrected chi connectivity index (χ2v) is 3.50. The second kappa shape index (κ2) is 5.22. The van der Waals surface area contributed by atoms with Gasteiger partial charge >= 0.3 is 0 Å². The fraction of sp³-hybridized carbons (Fsp3) is 0.167. The number of nitrogens with two attached hydrogens (primary N) is 1. The van der Waals surface area contributed by atoms with Gasteiger partial charge in [-0.05, 0) is 19.9 Å². The van der Waals surface area contributed by atoms with Gasteiger partial charge in [-0.3, -0.25) is 4.99 Å². The summed E-state index contributed by atoms with van der Waals surface area (Å²) in [5.74, 6) is 0.853. The highest BCUT2D eigenvalue weighted by atomic mass is 15.3. The number of hydrogen-bond acceptors (Lipinski definition) is 5. The highest BCUT2D eigenvalue weighted by Gasteiger charge is 2.09. The number of nitrogen functional groups attached to an aromatic ring is 1. The Hall–Kier alpha value is -2.50. The molecule has 2 N–H and O–H groups in total. The molecule has 92 valence electrons. The molecular weight excluding hydrogens is 228 g/mol. The molecule has 0 aliphatic rings. The van der Waals surface area contributed by atoms with Gasteiger partial charge in [-0.2, -0.15) is 19.6 Å². The van der Waals surface area contributed by atoms with Gasteiger partial charge in [0.25, 0.3) is 5.78 Å². The molecule has 18 heavy (non-hydrogen) atoms. The van der Waals surface area contributed by atoms with Crippen molar-refractivity contribution in [3.8, 4) is 0 Å². The summed E-state index contributed by atoms with van der Waals surface area (Å²) >= 11 is 0. The molecule has 0 radical (unpaired) electrons. The van der Waals surface area contributed by atoms with Crippen LogP contribution in [0, 0.1) is 0 Å². The lowest BCUT2D eigenvalue weighted by Gasteiger charge is -2.04. The molecule has 6 heteroatoms. The molecule has 2 heterocycles. The monoisotopic (exact) mass is 242 g/mol. The maximum atomic E-state index is 5.76. The molecule has 0 amide bonds. The van der Waals surface area contributed by atoms with E-state index in [-0.39, 0.29) is 0 Å². The fourth-order valence-electron chi connectivity index (χ4n) is 1.53. The first-order chi connectivity index (χ1) is 8.76. The third-order valence-electron chi connectivity index (χ3n) is 2.25. The van der Waals surface area contributed by atoms with Crippen LogP contribution in [0.25, 0.3) is 11.5 Å². The van der Waals surface area contributed by atoms with Crippen LogP contribution in [0.15, 0.2) is 35.6 Å². The molecular formula is C12H14N6. The summed E-state index contributed by atoms with van der Waals surface area (Å²) in [7, 11) is 0. The Kier molecular flexibility index (Phi) is 3.47. The normalized spacial score (nSPS) is 13.1. The van der Waals surface area contributed by atoms with Crippen molar-refractivity contribution >= 4 is 23.5 Å². The molecule has 0 bridgehead atoms. The maximum Gasteiger partial charge on any atom is 0.254 e. The van der Waals surface area contributed by atoms with Crippen molar-refractivity contribution in [3.63, 3.8) is 0 Å². The largest absolute Gasteiger partial charge is 0.384 e. The number of aromatic nitrogens is 4. The Morgan fingerprint density at radius 3 is 3.00 bits per heavy atom. The standard InChI is InChI=1S/C12H14N6/c1-3-5-6-9(14-4-2)10-7-11(13)17-12-15-8-16-18(10)12/h3-8H,1-2H3,(H2,13,15,16,17)/b5-3-,9-6-,14-4?. The number of anilines is 1. The summed E-state index contributed by atoms with van der Waals surface area (Å²) in [5.41, 5.74) is 7.26. The molecule has 6 nitrogen and oxygen atoms in total. The van der Waals surface area contributed by atoms with E-state index in [4.69, 9.17) is 5.73 Å². The van der Waals surface area contributed by atoms with Gasteiger partial charge in [0.2, 0.25) is 0 Å². The van der Waals surface area contributed by atoms with Gasteiger partial charge in [0, 0.05) is 12.3 Å².